The second-order valence-corrected chi connectivity index (χ2v) is 3.72. The molecule has 0 bridgehead atoms. The number of nitro groups is 1. The molecule has 0 aliphatic heterocycles. The Morgan fingerprint density at radius 2 is 2.32 bits per heavy atom. The van der Waals surface area contributed by atoms with Crippen LogP contribution in [0.1, 0.15) is 11.5 Å². The van der Waals surface area contributed by atoms with E-state index in [1.807, 2.05) is 0 Å². The van der Waals surface area contributed by atoms with Gasteiger partial charge in [-0.3, -0.25) is 10.1 Å². The average molecular weight is 264 g/mol. The fraction of sp³-hybridized carbons (Fsp3) is 0.300. The van der Waals surface area contributed by atoms with Crippen molar-refractivity contribution in [3.05, 3.63) is 33.8 Å². The first kappa shape index (κ1) is 12.7. The van der Waals surface area contributed by atoms with Crippen LogP contribution in [-0.2, 0) is 6.54 Å². The molecule has 0 atom stereocenters. The lowest BCUT2D eigenvalue weighted by atomic mass is 10.4. The molecule has 2 N–H and O–H groups in total. The van der Waals surface area contributed by atoms with E-state index in [1.54, 1.807) is 20.0 Å². The van der Waals surface area contributed by atoms with Crippen LogP contribution in [0.25, 0.3) is 0 Å². The molecule has 0 saturated heterocycles. The SMILES string of the molecule is CNc1ncc([N+](=O)[O-])c(NCc2cc(C)no2)n1. The van der Waals surface area contributed by atoms with Crippen LogP contribution in [0.5, 0.6) is 0 Å². The molecule has 2 heterocycles. The van der Waals surface area contributed by atoms with Gasteiger partial charge in [-0.15, -0.1) is 0 Å². The summed E-state index contributed by atoms with van der Waals surface area (Å²) in [5, 5.41) is 20.1. The van der Waals surface area contributed by atoms with Crippen molar-refractivity contribution in [1.29, 1.82) is 0 Å². The van der Waals surface area contributed by atoms with Gasteiger partial charge in [-0.1, -0.05) is 5.16 Å². The van der Waals surface area contributed by atoms with Gasteiger partial charge in [-0.05, 0) is 6.92 Å². The normalized spacial score (nSPS) is 10.2. The Kier molecular flexibility index (Phi) is 3.55. The Morgan fingerprint density at radius 3 is 2.89 bits per heavy atom. The molecular weight excluding hydrogens is 252 g/mol. The van der Waals surface area contributed by atoms with Crippen molar-refractivity contribution in [1.82, 2.24) is 15.1 Å². The average Bonchev–Trinajstić information content (AvgIpc) is 2.81. The van der Waals surface area contributed by atoms with Gasteiger partial charge in [0.15, 0.2) is 5.76 Å². The summed E-state index contributed by atoms with van der Waals surface area (Å²) in [4.78, 5) is 18.1. The summed E-state index contributed by atoms with van der Waals surface area (Å²) in [5.74, 6) is 0.983. The Balaban J connectivity index is 2.19. The molecule has 0 fully saturated rings. The third kappa shape index (κ3) is 2.94. The molecule has 0 radical (unpaired) electrons. The van der Waals surface area contributed by atoms with Crippen LogP contribution in [0.2, 0.25) is 0 Å². The quantitative estimate of drug-likeness (QED) is 0.613. The number of hydrogen-bond donors (Lipinski definition) is 2. The van der Waals surface area contributed by atoms with E-state index < -0.39 is 4.92 Å². The van der Waals surface area contributed by atoms with E-state index >= 15 is 0 Å². The third-order valence-corrected chi connectivity index (χ3v) is 2.30. The first-order valence-electron chi connectivity index (χ1n) is 5.45. The molecule has 19 heavy (non-hydrogen) atoms. The second kappa shape index (κ2) is 5.29. The number of hydrogen-bond acceptors (Lipinski definition) is 8. The molecular formula is C10H12N6O3. The number of anilines is 2. The smallest absolute Gasteiger partial charge is 0.329 e. The second-order valence-electron chi connectivity index (χ2n) is 3.72. The van der Waals surface area contributed by atoms with Gasteiger partial charge >= 0.3 is 5.69 Å². The highest BCUT2D eigenvalue weighted by Gasteiger charge is 2.17. The summed E-state index contributed by atoms with van der Waals surface area (Å²) < 4.78 is 5.00. The molecule has 0 saturated carbocycles. The molecule has 2 aromatic rings. The van der Waals surface area contributed by atoms with E-state index in [1.165, 1.54) is 0 Å². The lowest BCUT2D eigenvalue weighted by molar-refractivity contribution is -0.384. The Bertz CT molecular complexity index is 597. The fourth-order valence-corrected chi connectivity index (χ4v) is 1.43. The van der Waals surface area contributed by atoms with Crippen molar-refractivity contribution in [2.45, 2.75) is 13.5 Å². The molecule has 0 aromatic carbocycles. The van der Waals surface area contributed by atoms with Crippen LogP contribution in [0.15, 0.2) is 16.8 Å². The Labute approximate surface area is 108 Å². The zero-order valence-electron chi connectivity index (χ0n) is 10.4. The molecule has 100 valence electrons. The largest absolute Gasteiger partial charge is 0.359 e. The molecule has 2 rings (SSSR count). The van der Waals surface area contributed by atoms with Crippen LogP contribution >= 0.6 is 0 Å². The number of aryl methyl sites for hydroxylation is 1. The van der Waals surface area contributed by atoms with Crippen LogP contribution in [0, 0.1) is 17.0 Å². The van der Waals surface area contributed by atoms with Gasteiger partial charge in [-0.2, -0.15) is 4.98 Å². The zero-order chi connectivity index (χ0) is 13.8. The minimum atomic E-state index is -0.548. The van der Waals surface area contributed by atoms with E-state index in [2.05, 4.69) is 25.8 Å². The van der Waals surface area contributed by atoms with Gasteiger partial charge < -0.3 is 15.2 Å². The lowest BCUT2D eigenvalue weighted by Gasteiger charge is -2.05. The highest BCUT2D eigenvalue weighted by Crippen LogP contribution is 2.22. The minimum absolute atomic E-state index is 0.124. The zero-order valence-corrected chi connectivity index (χ0v) is 10.4. The fourth-order valence-electron chi connectivity index (χ4n) is 1.43. The topological polar surface area (TPSA) is 119 Å². The monoisotopic (exact) mass is 264 g/mol. The predicted octanol–water partition coefficient (Wildman–Crippen LogP) is 1.34. The Hall–Kier alpha value is -2.71. The molecule has 0 amide bonds. The van der Waals surface area contributed by atoms with Crippen LogP contribution in [0.4, 0.5) is 17.5 Å². The summed E-state index contributed by atoms with van der Waals surface area (Å²) in [5.41, 5.74) is 0.542. The van der Waals surface area contributed by atoms with Crippen molar-refractivity contribution < 1.29 is 9.45 Å². The van der Waals surface area contributed by atoms with Gasteiger partial charge in [0.05, 0.1) is 17.2 Å². The number of nitrogens with one attached hydrogen (secondary N) is 2. The van der Waals surface area contributed by atoms with Crippen molar-refractivity contribution in [2.24, 2.45) is 0 Å². The maximum absolute atomic E-state index is 10.9. The summed E-state index contributed by atoms with van der Waals surface area (Å²) in [6, 6.07) is 1.74. The number of nitrogens with zero attached hydrogens (tertiary/aromatic N) is 4. The highest BCUT2D eigenvalue weighted by molar-refractivity contribution is 5.56. The van der Waals surface area contributed by atoms with Gasteiger partial charge in [0, 0.05) is 13.1 Å². The lowest BCUT2D eigenvalue weighted by Crippen LogP contribution is -2.07. The first-order valence-corrected chi connectivity index (χ1v) is 5.45. The molecule has 9 heteroatoms. The Morgan fingerprint density at radius 1 is 1.53 bits per heavy atom. The molecule has 0 unspecified atom stereocenters. The van der Waals surface area contributed by atoms with E-state index in [4.69, 9.17) is 4.52 Å². The summed E-state index contributed by atoms with van der Waals surface area (Å²) >= 11 is 0. The van der Waals surface area contributed by atoms with E-state index in [0.717, 1.165) is 11.9 Å². The van der Waals surface area contributed by atoms with Crippen molar-refractivity contribution >= 4 is 17.5 Å². The highest BCUT2D eigenvalue weighted by atomic mass is 16.6. The van der Waals surface area contributed by atoms with Gasteiger partial charge in [-0.25, -0.2) is 4.98 Å². The van der Waals surface area contributed by atoms with E-state index in [9.17, 15) is 10.1 Å². The molecule has 0 spiro atoms. The molecule has 9 nitrogen and oxygen atoms in total. The minimum Gasteiger partial charge on any atom is -0.359 e. The van der Waals surface area contributed by atoms with Crippen molar-refractivity contribution in [2.75, 3.05) is 17.7 Å². The summed E-state index contributed by atoms with van der Waals surface area (Å²) in [7, 11) is 1.63. The standard InChI is InChI=1S/C10H12N6O3/c1-6-3-7(19-15-6)4-12-9-8(16(17)18)5-13-10(11-2)14-9/h3,5H,4H2,1-2H3,(H2,11,12,13,14). The van der Waals surface area contributed by atoms with E-state index in [-0.39, 0.29) is 18.1 Å². The van der Waals surface area contributed by atoms with Gasteiger partial charge in [0.1, 0.15) is 6.20 Å². The molecule has 0 aliphatic rings. The van der Waals surface area contributed by atoms with Crippen LogP contribution in [-0.4, -0.2) is 27.1 Å². The summed E-state index contributed by atoms with van der Waals surface area (Å²) in [6.07, 6.45) is 1.15. The van der Waals surface area contributed by atoms with E-state index in [0.29, 0.717) is 11.7 Å². The predicted molar refractivity (Wildman–Crippen MR) is 66.8 cm³/mol. The first-order chi connectivity index (χ1) is 9.10. The van der Waals surface area contributed by atoms with Crippen LogP contribution in [0.3, 0.4) is 0 Å². The summed E-state index contributed by atoms with van der Waals surface area (Å²) in [6.45, 7) is 2.04. The van der Waals surface area contributed by atoms with Crippen molar-refractivity contribution in [3.8, 4) is 0 Å². The molecule has 0 aliphatic carbocycles. The van der Waals surface area contributed by atoms with Gasteiger partial charge in [0.25, 0.3) is 0 Å². The number of rotatable bonds is 5. The van der Waals surface area contributed by atoms with Crippen LogP contribution < -0.4 is 10.6 Å². The third-order valence-electron chi connectivity index (χ3n) is 2.30. The maximum Gasteiger partial charge on any atom is 0.329 e. The number of aromatic nitrogens is 3. The molecule has 2 aromatic heterocycles. The maximum atomic E-state index is 10.9. The van der Waals surface area contributed by atoms with Gasteiger partial charge in [0.2, 0.25) is 11.8 Å². The van der Waals surface area contributed by atoms with Crippen molar-refractivity contribution in [3.63, 3.8) is 0 Å².